The van der Waals surface area contributed by atoms with Gasteiger partial charge in [0.2, 0.25) is 5.91 Å². The fourth-order valence-corrected chi connectivity index (χ4v) is 1.39. The predicted octanol–water partition coefficient (Wildman–Crippen LogP) is 0.664. The van der Waals surface area contributed by atoms with E-state index in [1.807, 2.05) is 13.8 Å². The second kappa shape index (κ2) is 4.44. The number of likely N-dealkylation sites (tertiary alicyclic amines) is 1. The quantitative estimate of drug-likeness (QED) is 0.495. The van der Waals surface area contributed by atoms with Crippen molar-refractivity contribution in [1.82, 2.24) is 4.90 Å². The molecule has 0 N–H and O–H groups in total. The molecule has 0 radical (unpaired) electrons. The van der Waals surface area contributed by atoms with E-state index < -0.39 is 5.92 Å². The Labute approximate surface area is 84.2 Å². The van der Waals surface area contributed by atoms with Crippen LogP contribution in [-0.4, -0.2) is 37.0 Å². The first-order valence-corrected chi connectivity index (χ1v) is 4.94. The Kier molecular flexibility index (Phi) is 3.49. The van der Waals surface area contributed by atoms with E-state index >= 15 is 0 Å². The van der Waals surface area contributed by atoms with E-state index in [4.69, 9.17) is 4.74 Å². The second-order valence-electron chi connectivity index (χ2n) is 4.12. The third-order valence-corrected chi connectivity index (χ3v) is 2.27. The van der Waals surface area contributed by atoms with Crippen molar-refractivity contribution in [1.29, 1.82) is 0 Å². The summed E-state index contributed by atoms with van der Waals surface area (Å²) in [5.41, 5.74) is 0. The van der Waals surface area contributed by atoms with Gasteiger partial charge in [0, 0.05) is 13.6 Å². The number of ether oxygens (including phenoxy) is 1. The number of nitrogens with zero attached hydrogens (tertiary/aromatic N) is 1. The van der Waals surface area contributed by atoms with E-state index in [9.17, 15) is 9.59 Å². The van der Waals surface area contributed by atoms with Gasteiger partial charge in [-0.1, -0.05) is 13.8 Å². The molecule has 0 aromatic carbocycles. The molecule has 4 heteroatoms. The van der Waals surface area contributed by atoms with Gasteiger partial charge in [0.15, 0.2) is 0 Å². The molecule has 0 saturated carbocycles. The first kappa shape index (κ1) is 11.0. The van der Waals surface area contributed by atoms with Gasteiger partial charge in [0.05, 0.1) is 6.61 Å². The molecule has 0 bridgehead atoms. The molecule has 80 valence electrons. The smallest absolute Gasteiger partial charge is 0.318 e. The van der Waals surface area contributed by atoms with Crippen LogP contribution >= 0.6 is 0 Å². The van der Waals surface area contributed by atoms with E-state index in [0.717, 1.165) is 0 Å². The van der Waals surface area contributed by atoms with Crippen LogP contribution in [0, 0.1) is 11.8 Å². The Bertz CT molecular complexity index is 238. The normalized spacial score (nSPS) is 21.9. The van der Waals surface area contributed by atoms with Crippen LogP contribution in [-0.2, 0) is 14.3 Å². The highest BCUT2D eigenvalue weighted by molar-refractivity contribution is 5.99. The summed E-state index contributed by atoms with van der Waals surface area (Å²) >= 11 is 0. The van der Waals surface area contributed by atoms with Crippen LogP contribution in [0.1, 0.15) is 20.3 Å². The topological polar surface area (TPSA) is 46.6 Å². The molecule has 14 heavy (non-hydrogen) atoms. The summed E-state index contributed by atoms with van der Waals surface area (Å²) < 4.78 is 5.02. The summed E-state index contributed by atoms with van der Waals surface area (Å²) in [4.78, 5) is 24.4. The lowest BCUT2D eigenvalue weighted by molar-refractivity contribution is -0.153. The minimum absolute atomic E-state index is 0.112. The molecule has 1 aliphatic heterocycles. The maximum atomic E-state index is 11.4. The number of rotatable bonds is 3. The number of carbonyl (C=O) groups is 2. The Morgan fingerprint density at radius 2 is 2.29 bits per heavy atom. The van der Waals surface area contributed by atoms with E-state index in [1.54, 1.807) is 11.9 Å². The van der Waals surface area contributed by atoms with Gasteiger partial charge in [0.1, 0.15) is 5.92 Å². The third-order valence-electron chi connectivity index (χ3n) is 2.27. The molecule has 1 atom stereocenters. The Balaban J connectivity index is 2.42. The number of carbonyl (C=O) groups excluding carboxylic acids is 2. The van der Waals surface area contributed by atoms with Crippen molar-refractivity contribution in [3.63, 3.8) is 0 Å². The molecule has 0 spiro atoms. The van der Waals surface area contributed by atoms with Crippen molar-refractivity contribution in [3.05, 3.63) is 0 Å². The van der Waals surface area contributed by atoms with Crippen LogP contribution in [0.15, 0.2) is 0 Å². The van der Waals surface area contributed by atoms with E-state index in [0.29, 0.717) is 25.5 Å². The molecule has 1 heterocycles. The minimum Gasteiger partial charge on any atom is -0.465 e. The molecule has 0 aromatic rings. The van der Waals surface area contributed by atoms with Crippen LogP contribution in [0.5, 0.6) is 0 Å². The zero-order chi connectivity index (χ0) is 10.7. The summed E-state index contributed by atoms with van der Waals surface area (Å²) in [5, 5.41) is 0. The van der Waals surface area contributed by atoms with Crippen molar-refractivity contribution in [2.75, 3.05) is 20.2 Å². The largest absolute Gasteiger partial charge is 0.465 e. The van der Waals surface area contributed by atoms with Gasteiger partial charge in [-0.05, 0) is 12.3 Å². The first-order valence-electron chi connectivity index (χ1n) is 4.94. The molecule has 1 aliphatic rings. The average molecular weight is 199 g/mol. The van der Waals surface area contributed by atoms with E-state index in [2.05, 4.69) is 0 Å². The van der Waals surface area contributed by atoms with E-state index in [1.165, 1.54) is 0 Å². The van der Waals surface area contributed by atoms with Crippen LogP contribution in [0.3, 0.4) is 0 Å². The Hall–Kier alpha value is -1.06. The zero-order valence-electron chi connectivity index (χ0n) is 8.95. The van der Waals surface area contributed by atoms with Crippen molar-refractivity contribution in [3.8, 4) is 0 Å². The molecule has 1 fully saturated rings. The van der Waals surface area contributed by atoms with Crippen molar-refractivity contribution in [2.45, 2.75) is 20.3 Å². The Morgan fingerprint density at radius 1 is 1.64 bits per heavy atom. The van der Waals surface area contributed by atoms with Gasteiger partial charge in [0.25, 0.3) is 0 Å². The first-order chi connectivity index (χ1) is 6.52. The summed E-state index contributed by atoms with van der Waals surface area (Å²) in [6, 6.07) is 0. The fraction of sp³-hybridized carbons (Fsp3) is 0.800. The SMILES string of the molecule is CC(C)COC(=O)C1CCN(C)C1=O. The molecular weight excluding hydrogens is 182 g/mol. The summed E-state index contributed by atoms with van der Waals surface area (Å²) in [5.74, 6) is -0.723. The number of hydrogen-bond acceptors (Lipinski definition) is 3. The van der Waals surface area contributed by atoms with Gasteiger partial charge in [-0.25, -0.2) is 0 Å². The molecule has 1 unspecified atom stereocenters. The Morgan fingerprint density at radius 3 is 2.71 bits per heavy atom. The van der Waals surface area contributed by atoms with Crippen LogP contribution < -0.4 is 0 Å². The highest BCUT2D eigenvalue weighted by Crippen LogP contribution is 2.17. The highest BCUT2D eigenvalue weighted by Gasteiger charge is 2.36. The van der Waals surface area contributed by atoms with Crippen LogP contribution in [0.2, 0.25) is 0 Å². The zero-order valence-corrected chi connectivity index (χ0v) is 8.95. The summed E-state index contributed by atoms with van der Waals surface area (Å²) in [6.07, 6.45) is 0.590. The van der Waals surface area contributed by atoms with Crippen LogP contribution in [0.25, 0.3) is 0 Å². The maximum Gasteiger partial charge on any atom is 0.318 e. The molecule has 1 saturated heterocycles. The van der Waals surface area contributed by atoms with Gasteiger partial charge in [-0.3, -0.25) is 9.59 Å². The standard InChI is InChI=1S/C10H17NO3/c1-7(2)6-14-10(13)8-4-5-11(3)9(8)12/h7-8H,4-6H2,1-3H3. The lowest BCUT2D eigenvalue weighted by Gasteiger charge is -2.11. The van der Waals surface area contributed by atoms with Crippen molar-refractivity contribution >= 4 is 11.9 Å². The monoisotopic (exact) mass is 199 g/mol. The lowest BCUT2D eigenvalue weighted by Crippen LogP contribution is -2.29. The van der Waals surface area contributed by atoms with E-state index in [-0.39, 0.29) is 11.9 Å². The molecule has 0 aromatic heterocycles. The number of hydrogen-bond donors (Lipinski definition) is 0. The van der Waals surface area contributed by atoms with Crippen LogP contribution in [0.4, 0.5) is 0 Å². The molecule has 4 nitrogen and oxygen atoms in total. The van der Waals surface area contributed by atoms with Gasteiger partial charge in [-0.2, -0.15) is 0 Å². The number of amides is 1. The second-order valence-corrected chi connectivity index (χ2v) is 4.12. The summed E-state index contributed by atoms with van der Waals surface area (Å²) in [6.45, 7) is 4.98. The minimum atomic E-state index is -0.557. The highest BCUT2D eigenvalue weighted by atomic mass is 16.5. The predicted molar refractivity (Wildman–Crippen MR) is 51.5 cm³/mol. The van der Waals surface area contributed by atoms with Gasteiger partial charge < -0.3 is 9.64 Å². The maximum absolute atomic E-state index is 11.4. The number of esters is 1. The lowest BCUT2D eigenvalue weighted by atomic mass is 10.1. The average Bonchev–Trinajstić information content (AvgIpc) is 2.44. The molecule has 0 aliphatic carbocycles. The van der Waals surface area contributed by atoms with Gasteiger partial charge >= 0.3 is 5.97 Å². The van der Waals surface area contributed by atoms with Crippen molar-refractivity contribution < 1.29 is 14.3 Å². The van der Waals surface area contributed by atoms with Crippen molar-refractivity contribution in [2.24, 2.45) is 11.8 Å². The fourth-order valence-electron chi connectivity index (χ4n) is 1.39. The molecular formula is C10H17NO3. The summed E-state index contributed by atoms with van der Waals surface area (Å²) in [7, 11) is 1.71. The van der Waals surface area contributed by atoms with Gasteiger partial charge in [-0.15, -0.1) is 0 Å². The third kappa shape index (κ3) is 2.47. The molecule has 1 rings (SSSR count). The molecule has 1 amide bonds.